The van der Waals surface area contributed by atoms with Gasteiger partial charge >= 0.3 is 0 Å². The van der Waals surface area contributed by atoms with Gasteiger partial charge in [0.15, 0.2) is 0 Å². The van der Waals surface area contributed by atoms with Crippen LogP contribution in [-0.2, 0) is 11.2 Å². The fourth-order valence-electron chi connectivity index (χ4n) is 4.10. The van der Waals surface area contributed by atoms with E-state index in [4.69, 9.17) is 0 Å². The summed E-state index contributed by atoms with van der Waals surface area (Å²) < 4.78 is 13.3. The predicted molar refractivity (Wildman–Crippen MR) is 125 cm³/mol. The summed E-state index contributed by atoms with van der Waals surface area (Å²) in [6.07, 6.45) is 2.40. The normalized spacial score (nSPS) is 15.2. The van der Waals surface area contributed by atoms with Crippen LogP contribution in [0.3, 0.4) is 0 Å². The maximum Gasteiger partial charge on any atom is 0.254 e. The van der Waals surface area contributed by atoms with E-state index in [1.807, 2.05) is 11.8 Å². The van der Waals surface area contributed by atoms with E-state index >= 15 is 0 Å². The zero-order chi connectivity index (χ0) is 22.7. The third-order valence-corrected chi connectivity index (χ3v) is 6.73. The second kappa shape index (κ2) is 9.49. The minimum Gasteiger partial charge on any atom is -0.330 e. The van der Waals surface area contributed by atoms with Gasteiger partial charge in [0, 0.05) is 23.5 Å². The Morgan fingerprint density at radius 2 is 1.88 bits per heavy atom. The summed E-state index contributed by atoms with van der Waals surface area (Å²) >= 11 is 1.72. The monoisotopic (exact) mass is 448 g/mol. The summed E-state index contributed by atoms with van der Waals surface area (Å²) in [4.78, 5) is 31.1. The van der Waals surface area contributed by atoms with Crippen molar-refractivity contribution < 1.29 is 14.0 Å². The first kappa shape index (κ1) is 22.0. The number of fused-ring (bicyclic) bond motifs is 1. The number of benzene rings is 2. The summed E-state index contributed by atoms with van der Waals surface area (Å²) in [5.74, 6) is -0.850. The molecule has 0 aliphatic carbocycles. The van der Waals surface area contributed by atoms with Crippen molar-refractivity contribution >= 4 is 23.2 Å². The Hall–Kier alpha value is -3.25. The lowest BCUT2D eigenvalue weighted by atomic mass is 9.92. The van der Waals surface area contributed by atoms with E-state index in [-0.39, 0.29) is 30.9 Å². The Kier molecular flexibility index (Phi) is 6.51. The minimum atomic E-state index is -0.409. The summed E-state index contributed by atoms with van der Waals surface area (Å²) in [5, 5.41) is 2.07. The lowest BCUT2D eigenvalue weighted by molar-refractivity contribution is -0.133. The van der Waals surface area contributed by atoms with Crippen LogP contribution in [-0.4, -0.2) is 41.2 Å². The van der Waals surface area contributed by atoms with Gasteiger partial charge in [-0.25, -0.2) is 4.39 Å². The number of nitrogens with zero attached hydrogens (tertiary/aromatic N) is 2. The largest absolute Gasteiger partial charge is 0.330 e. The van der Waals surface area contributed by atoms with Gasteiger partial charge in [-0.15, -0.1) is 17.9 Å². The van der Waals surface area contributed by atoms with E-state index in [1.165, 1.54) is 34.0 Å². The molecule has 32 heavy (non-hydrogen) atoms. The van der Waals surface area contributed by atoms with Crippen LogP contribution in [0.2, 0.25) is 0 Å². The van der Waals surface area contributed by atoms with E-state index in [1.54, 1.807) is 17.4 Å². The van der Waals surface area contributed by atoms with Crippen LogP contribution in [0.15, 0.2) is 72.6 Å². The van der Waals surface area contributed by atoms with Gasteiger partial charge in [-0.1, -0.05) is 35.9 Å². The zero-order valence-electron chi connectivity index (χ0n) is 18.0. The molecule has 2 aromatic carbocycles. The first-order chi connectivity index (χ1) is 15.5. The molecule has 1 aromatic heterocycles. The first-order valence-electron chi connectivity index (χ1n) is 10.6. The molecular formula is C26H25FN2O2S. The zero-order valence-corrected chi connectivity index (χ0v) is 18.8. The Morgan fingerprint density at radius 1 is 1.16 bits per heavy atom. The summed E-state index contributed by atoms with van der Waals surface area (Å²) in [7, 11) is 0. The highest BCUT2D eigenvalue weighted by Crippen LogP contribution is 2.38. The van der Waals surface area contributed by atoms with Gasteiger partial charge < -0.3 is 9.80 Å². The molecular weight excluding hydrogens is 423 g/mol. The molecule has 1 atom stereocenters. The minimum absolute atomic E-state index is 0.0654. The van der Waals surface area contributed by atoms with Gasteiger partial charge in [0.05, 0.1) is 6.04 Å². The number of aryl methyl sites for hydroxylation is 1. The first-order valence-corrected chi connectivity index (χ1v) is 11.4. The molecule has 0 N–H and O–H groups in total. The molecule has 1 aliphatic heterocycles. The van der Waals surface area contributed by atoms with Gasteiger partial charge in [-0.3, -0.25) is 9.59 Å². The molecule has 0 fully saturated rings. The fourth-order valence-corrected chi connectivity index (χ4v) is 5.00. The number of hydrogen-bond donors (Lipinski definition) is 0. The van der Waals surface area contributed by atoms with Crippen LogP contribution in [0.5, 0.6) is 0 Å². The molecule has 3 aromatic rings. The Bertz CT molecular complexity index is 1120. The number of halogens is 1. The van der Waals surface area contributed by atoms with Crippen molar-refractivity contribution in [3.8, 4) is 0 Å². The van der Waals surface area contributed by atoms with Gasteiger partial charge in [-0.05, 0) is 60.2 Å². The van der Waals surface area contributed by atoms with Crippen molar-refractivity contribution in [3.63, 3.8) is 0 Å². The number of amides is 2. The molecule has 4 rings (SSSR count). The van der Waals surface area contributed by atoms with Crippen LogP contribution in [0.25, 0.3) is 0 Å². The maximum atomic E-state index is 13.5. The van der Waals surface area contributed by atoms with E-state index in [2.05, 4.69) is 42.3 Å². The van der Waals surface area contributed by atoms with Gasteiger partial charge in [-0.2, -0.15) is 0 Å². The van der Waals surface area contributed by atoms with Gasteiger partial charge in [0.1, 0.15) is 12.4 Å². The maximum absolute atomic E-state index is 13.5. The van der Waals surface area contributed by atoms with Crippen LogP contribution in [0.1, 0.15) is 38.0 Å². The lowest BCUT2D eigenvalue weighted by Gasteiger charge is -2.37. The third-order valence-electron chi connectivity index (χ3n) is 5.73. The number of rotatable bonds is 6. The van der Waals surface area contributed by atoms with Crippen LogP contribution >= 0.6 is 11.3 Å². The Morgan fingerprint density at radius 3 is 2.56 bits per heavy atom. The Labute approximate surface area is 191 Å². The van der Waals surface area contributed by atoms with E-state index in [0.717, 1.165) is 23.1 Å². The fraction of sp³-hybridized carbons (Fsp3) is 0.231. The standard InChI is InChI=1S/C26H25FN2O2S/c1-3-14-28(26(31)20-8-10-21(27)11-9-20)17-24(30)29-15-12-23-22(13-16-32-23)25(29)19-6-4-18(2)5-7-19/h3-11,13,16,25H,1,12,14-15,17H2,2H3. The SMILES string of the molecule is C=CCN(CC(=O)N1CCc2sccc2C1c1ccc(C)cc1)C(=O)c1ccc(F)cc1. The Balaban J connectivity index is 1.60. The second-order valence-corrected chi connectivity index (χ2v) is 8.93. The number of hydrogen-bond acceptors (Lipinski definition) is 3. The molecule has 2 heterocycles. The second-order valence-electron chi connectivity index (χ2n) is 7.93. The molecule has 2 amide bonds. The molecule has 0 saturated carbocycles. The summed E-state index contributed by atoms with van der Waals surface area (Å²) in [5.41, 5.74) is 3.71. The molecule has 164 valence electrons. The van der Waals surface area contributed by atoms with Crippen molar-refractivity contribution in [1.82, 2.24) is 9.80 Å². The number of carbonyl (C=O) groups excluding carboxylic acids is 2. The number of thiophene rings is 1. The molecule has 0 radical (unpaired) electrons. The van der Waals surface area contributed by atoms with Crippen molar-refractivity contribution in [1.29, 1.82) is 0 Å². The lowest BCUT2D eigenvalue weighted by Crippen LogP contribution is -2.46. The average Bonchev–Trinajstić information content (AvgIpc) is 3.28. The smallest absolute Gasteiger partial charge is 0.254 e. The van der Waals surface area contributed by atoms with Crippen LogP contribution in [0, 0.1) is 12.7 Å². The van der Waals surface area contributed by atoms with Gasteiger partial charge in [0.25, 0.3) is 5.91 Å². The van der Waals surface area contributed by atoms with Crippen LogP contribution < -0.4 is 0 Å². The van der Waals surface area contributed by atoms with Crippen molar-refractivity contribution in [3.05, 3.63) is 106 Å². The quantitative estimate of drug-likeness (QED) is 0.498. The van der Waals surface area contributed by atoms with Crippen molar-refractivity contribution in [2.24, 2.45) is 0 Å². The molecule has 1 aliphatic rings. The summed E-state index contributed by atoms with van der Waals surface area (Å²) in [6.45, 7) is 6.53. The van der Waals surface area contributed by atoms with Crippen molar-refractivity contribution in [2.45, 2.75) is 19.4 Å². The van der Waals surface area contributed by atoms with Crippen molar-refractivity contribution in [2.75, 3.05) is 19.6 Å². The van der Waals surface area contributed by atoms with Gasteiger partial charge in [0.2, 0.25) is 5.91 Å². The highest BCUT2D eigenvalue weighted by atomic mass is 32.1. The summed E-state index contributed by atoms with van der Waals surface area (Å²) in [6, 6.07) is 15.5. The molecule has 0 spiro atoms. The third kappa shape index (κ3) is 4.50. The topological polar surface area (TPSA) is 40.6 Å². The predicted octanol–water partition coefficient (Wildman–Crippen LogP) is 5.00. The molecule has 0 saturated heterocycles. The van der Waals surface area contributed by atoms with E-state index in [0.29, 0.717) is 12.1 Å². The number of carbonyl (C=O) groups is 2. The highest BCUT2D eigenvalue weighted by Gasteiger charge is 2.34. The van der Waals surface area contributed by atoms with Crippen LogP contribution in [0.4, 0.5) is 4.39 Å². The van der Waals surface area contributed by atoms with E-state index in [9.17, 15) is 14.0 Å². The van der Waals surface area contributed by atoms with E-state index < -0.39 is 5.82 Å². The molecule has 1 unspecified atom stereocenters. The molecule has 4 nitrogen and oxygen atoms in total. The molecule has 6 heteroatoms. The average molecular weight is 449 g/mol. The highest BCUT2D eigenvalue weighted by molar-refractivity contribution is 7.10. The molecule has 0 bridgehead atoms.